The quantitative estimate of drug-likeness (QED) is 0.846. The molecular weight excluding hydrogens is 211 g/mol. The number of hydrogen-bond acceptors (Lipinski definition) is 2. The van der Waals surface area contributed by atoms with Crippen LogP contribution in [0.3, 0.4) is 0 Å². The first kappa shape index (κ1) is 9.39. The number of carboxylic acids is 1. The third-order valence-corrected chi connectivity index (χ3v) is 3.21. The molecule has 0 bridgehead atoms. The van der Waals surface area contributed by atoms with Crippen molar-refractivity contribution in [1.82, 2.24) is 0 Å². The maximum absolute atomic E-state index is 13.8. The summed E-state index contributed by atoms with van der Waals surface area (Å²) < 4.78 is 19.0. The first-order valence-corrected chi connectivity index (χ1v) is 5.05. The maximum Gasteiger partial charge on any atom is 0.314 e. The van der Waals surface area contributed by atoms with Gasteiger partial charge in [0.1, 0.15) is 11.4 Å². The molecule has 2 aromatic rings. The van der Waals surface area contributed by atoms with Crippen molar-refractivity contribution in [2.45, 2.75) is 18.3 Å². The SMILES string of the molecule is O=C(O)C1(c2c(F)ccc3ccoc23)CC1. The number of hydrogen-bond donors (Lipinski definition) is 1. The summed E-state index contributed by atoms with van der Waals surface area (Å²) in [6.45, 7) is 0. The molecule has 3 nitrogen and oxygen atoms in total. The zero-order chi connectivity index (χ0) is 11.3. The summed E-state index contributed by atoms with van der Waals surface area (Å²) in [6, 6.07) is 4.60. The molecule has 1 aliphatic rings. The predicted octanol–water partition coefficient (Wildman–Crippen LogP) is 2.69. The first-order chi connectivity index (χ1) is 7.65. The Balaban J connectivity index is 2.34. The van der Waals surface area contributed by atoms with Crippen LogP contribution in [-0.4, -0.2) is 11.1 Å². The summed E-state index contributed by atoms with van der Waals surface area (Å²) in [5, 5.41) is 9.91. The van der Waals surface area contributed by atoms with E-state index in [1.165, 1.54) is 12.3 Å². The van der Waals surface area contributed by atoms with Crippen molar-refractivity contribution in [1.29, 1.82) is 0 Å². The number of carbonyl (C=O) groups is 1. The van der Waals surface area contributed by atoms with Crippen LogP contribution >= 0.6 is 0 Å². The van der Waals surface area contributed by atoms with Crippen LogP contribution in [0.1, 0.15) is 18.4 Å². The van der Waals surface area contributed by atoms with Crippen LogP contribution in [0.4, 0.5) is 4.39 Å². The van der Waals surface area contributed by atoms with Crippen LogP contribution in [0.2, 0.25) is 0 Å². The summed E-state index contributed by atoms with van der Waals surface area (Å²) in [6.07, 6.45) is 2.39. The van der Waals surface area contributed by atoms with Gasteiger partial charge in [-0.25, -0.2) is 4.39 Å². The van der Waals surface area contributed by atoms with Gasteiger partial charge in [0.2, 0.25) is 0 Å². The molecule has 16 heavy (non-hydrogen) atoms. The van der Waals surface area contributed by atoms with Crippen molar-refractivity contribution < 1.29 is 18.7 Å². The Morgan fingerprint density at radius 3 is 2.75 bits per heavy atom. The van der Waals surface area contributed by atoms with Crippen molar-refractivity contribution in [3.05, 3.63) is 35.8 Å². The van der Waals surface area contributed by atoms with E-state index in [0.29, 0.717) is 18.4 Å². The van der Waals surface area contributed by atoms with Crippen LogP contribution in [0.5, 0.6) is 0 Å². The van der Waals surface area contributed by atoms with Crippen molar-refractivity contribution in [3.8, 4) is 0 Å². The van der Waals surface area contributed by atoms with Gasteiger partial charge < -0.3 is 9.52 Å². The van der Waals surface area contributed by atoms with Crippen molar-refractivity contribution >= 4 is 16.9 Å². The third-order valence-electron chi connectivity index (χ3n) is 3.21. The summed E-state index contributed by atoms with van der Waals surface area (Å²) >= 11 is 0. The largest absolute Gasteiger partial charge is 0.481 e. The van der Waals surface area contributed by atoms with Gasteiger partial charge in [-0.05, 0) is 31.0 Å². The molecule has 1 saturated carbocycles. The fourth-order valence-corrected chi connectivity index (χ4v) is 2.15. The van der Waals surface area contributed by atoms with Crippen molar-refractivity contribution in [2.75, 3.05) is 0 Å². The number of benzene rings is 1. The highest BCUT2D eigenvalue weighted by molar-refractivity contribution is 5.92. The van der Waals surface area contributed by atoms with Crippen LogP contribution < -0.4 is 0 Å². The molecule has 1 aliphatic carbocycles. The topological polar surface area (TPSA) is 50.4 Å². The molecule has 0 atom stereocenters. The standard InChI is InChI=1S/C12H9FO3/c13-8-2-1-7-3-6-16-10(7)9(8)12(4-5-12)11(14)15/h1-3,6H,4-5H2,(H,14,15). The Labute approximate surface area is 90.5 Å². The van der Waals surface area contributed by atoms with Crippen molar-refractivity contribution in [3.63, 3.8) is 0 Å². The van der Waals surface area contributed by atoms with Gasteiger partial charge in [0.05, 0.1) is 11.7 Å². The lowest BCUT2D eigenvalue weighted by molar-refractivity contribution is -0.140. The van der Waals surface area contributed by atoms with E-state index in [-0.39, 0.29) is 5.56 Å². The lowest BCUT2D eigenvalue weighted by atomic mass is 9.94. The zero-order valence-electron chi connectivity index (χ0n) is 8.37. The summed E-state index contributed by atoms with van der Waals surface area (Å²) in [5.41, 5.74) is -0.510. The highest BCUT2D eigenvalue weighted by Gasteiger charge is 2.54. The van der Waals surface area contributed by atoms with Crippen LogP contribution in [-0.2, 0) is 10.2 Å². The van der Waals surface area contributed by atoms with Crippen molar-refractivity contribution in [2.24, 2.45) is 0 Å². The number of rotatable bonds is 2. The second-order valence-corrected chi connectivity index (χ2v) is 4.15. The molecule has 4 heteroatoms. The molecule has 3 rings (SSSR count). The summed E-state index contributed by atoms with van der Waals surface area (Å²) in [5.74, 6) is -1.47. The first-order valence-electron chi connectivity index (χ1n) is 5.05. The molecule has 0 aliphatic heterocycles. The Kier molecular flexibility index (Phi) is 1.67. The zero-order valence-corrected chi connectivity index (χ0v) is 8.37. The second-order valence-electron chi connectivity index (χ2n) is 4.15. The minimum Gasteiger partial charge on any atom is -0.481 e. The van der Waals surface area contributed by atoms with E-state index in [0.717, 1.165) is 5.39 Å². The minimum absolute atomic E-state index is 0.197. The van der Waals surface area contributed by atoms with Gasteiger partial charge in [-0.3, -0.25) is 4.79 Å². The smallest absolute Gasteiger partial charge is 0.314 e. The Hall–Kier alpha value is -1.84. The predicted molar refractivity (Wildman–Crippen MR) is 54.7 cm³/mol. The fraction of sp³-hybridized carbons (Fsp3) is 0.250. The third kappa shape index (κ3) is 1.04. The number of carboxylic acid groups (broad SMARTS) is 1. The molecule has 0 radical (unpaired) electrons. The molecule has 0 unspecified atom stereocenters. The summed E-state index contributed by atoms with van der Waals surface area (Å²) in [4.78, 5) is 11.2. The van der Waals surface area contributed by atoms with Gasteiger partial charge in [-0.15, -0.1) is 0 Å². The van der Waals surface area contributed by atoms with Gasteiger partial charge in [0.15, 0.2) is 0 Å². The monoisotopic (exact) mass is 220 g/mol. The molecule has 0 amide bonds. The van der Waals surface area contributed by atoms with Crippen LogP contribution in [0, 0.1) is 5.82 Å². The number of halogens is 1. The molecule has 1 N–H and O–H groups in total. The fourth-order valence-electron chi connectivity index (χ4n) is 2.15. The molecule has 0 saturated heterocycles. The highest BCUT2D eigenvalue weighted by Crippen LogP contribution is 2.51. The highest BCUT2D eigenvalue weighted by atomic mass is 19.1. The Morgan fingerprint density at radius 1 is 1.38 bits per heavy atom. The molecule has 0 spiro atoms. The van der Waals surface area contributed by atoms with E-state index in [4.69, 9.17) is 4.42 Å². The minimum atomic E-state index is -1.07. The number of aliphatic carboxylic acids is 1. The Morgan fingerprint density at radius 2 is 2.12 bits per heavy atom. The second kappa shape index (κ2) is 2.84. The average molecular weight is 220 g/mol. The maximum atomic E-state index is 13.8. The molecule has 1 heterocycles. The molecule has 82 valence electrons. The Bertz CT molecular complexity index is 581. The lowest BCUT2D eigenvalue weighted by Gasteiger charge is -2.11. The normalized spacial score (nSPS) is 17.6. The van der Waals surface area contributed by atoms with Gasteiger partial charge in [0.25, 0.3) is 0 Å². The molecule has 1 aromatic heterocycles. The van der Waals surface area contributed by atoms with E-state index in [1.54, 1.807) is 12.1 Å². The van der Waals surface area contributed by atoms with E-state index >= 15 is 0 Å². The average Bonchev–Trinajstić information content (AvgIpc) is 2.90. The van der Waals surface area contributed by atoms with E-state index in [2.05, 4.69) is 0 Å². The van der Waals surface area contributed by atoms with E-state index < -0.39 is 17.2 Å². The van der Waals surface area contributed by atoms with E-state index in [9.17, 15) is 14.3 Å². The van der Waals surface area contributed by atoms with Gasteiger partial charge in [0, 0.05) is 10.9 Å². The molecular formula is C12H9FO3. The van der Waals surface area contributed by atoms with Gasteiger partial charge in [-0.2, -0.15) is 0 Å². The van der Waals surface area contributed by atoms with E-state index in [1.807, 2.05) is 0 Å². The molecule has 1 fully saturated rings. The lowest BCUT2D eigenvalue weighted by Crippen LogP contribution is -2.21. The van der Waals surface area contributed by atoms with Crippen LogP contribution in [0.15, 0.2) is 28.9 Å². The van der Waals surface area contributed by atoms with Gasteiger partial charge >= 0.3 is 5.97 Å². The number of fused-ring (bicyclic) bond motifs is 1. The van der Waals surface area contributed by atoms with Gasteiger partial charge in [-0.1, -0.05) is 0 Å². The summed E-state index contributed by atoms with van der Waals surface area (Å²) in [7, 11) is 0. The molecule has 1 aromatic carbocycles. The number of furan rings is 1. The van der Waals surface area contributed by atoms with Crippen LogP contribution in [0.25, 0.3) is 11.0 Å².